The molecule has 0 unspecified atom stereocenters. The van der Waals surface area contributed by atoms with Gasteiger partial charge in [0.2, 0.25) is 0 Å². The highest BCUT2D eigenvalue weighted by Gasteiger charge is 2.29. The van der Waals surface area contributed by atoms with E-state index in [0.717, 1.165) is 23.2 Å². The Balaban J connectivity index is 0.000000334. The minimum atomic E-state index is -1.14. The molecule has 0 saturated heterocycles. The largest absolute Gasteiger partial charge is 0.463 e. The summed E-state index contributed by atoms with van der Waals surface area (Å²) in [6.07, 6.45) is 3.18. The van der Waals surface area contributed by atoms with Crippen LogP contribution in [0, 0.1) is 13.8 Å². The van der Waals surface area contributed by atoms with Crippen LogP contribution >= 0.6 is 23.2 Å². The maximum absolute atomic E-state index is 12.5. The van der Waals surface area contributed by atoms with Gasteiger partial charge >= 0.3 is 28.6 Å². The van der Waals surface area contributed by atoms with Gasteiger partial charge in [-0.1, -0.05) is 38.1 Å². The van der Waals surface area contributed by atoms with Crippen molar-refractivity contribution in [2.24, 2.45) is 0 Å². The van der Waals surface area contributed by atoms with Gasteiger partial charge in [-0.25, -0.2) is 14.4 Å². The molecule has 0 atom stereocenters. The molecule has 0 radical (unpaired) electrons. The molecule has 56 heavy (non-hydrogen) atoms. The quantitative estimate of drug-likeness (QED) is 0.0653. The third kappa shape index (κ3) is 11.8. The lowest BCUT2D eigenvalue weighted by Gasteiger charge is -2.26. The number of rotatable bonds is 3. The number of aromatic nitrogens is 2. The Morgan fingerprint density at radius 3 is 1.59 bits per heavy atom. The first kappa shape index (κ1) is 47.3. The molecule has 0 N–H and O–H groups in total. The summed E-state index contributed by atoms with van der Waals surface area (Å²) in [5, 5.41) is -0.337. The Labute approximate surface area is 338 Å². The summed E-state index contributed by atoms with van der Waals surface area (Å²) in [7, 11) is 1.19. The molecule has 2 aromatic heterocycles. The number of hydrogen-bond donors (Lipinski definition) is 0. The second-order valence-electron chi connectivity index (χ2n) is 15.1. The molecule has 6 rings (SSSR count). The molecule has 306 valence electrons. The van der Waals surface area contributed by atoms with Crippen molar-refractivity contribution in [2.45, 2.75) is 108 Å². The molecule has 15 heteroatoms. The van der Waals surface area contributed by atoms with Gasteiger partial charge in [-0.2, -0.15) is 0 Å². The summed E-state index contributed by atoms with van der Waals surface area (Å²) < 4.78 is 19.8. The molecule has 13 nitrogen and oxygen atoms in total. The third-order valence-electron chi connectivity index (χ3n) is 8.30. The minimum absolute atomic E-state index is 0. The zero-order valence-corrected chi connectivity index (χ0v) is 33.5. The van der Waals surface area contributed by atoms with Crippen LogP contribution in [0.5, 0.6) is 0 Å². The van der Waals surface area contributed by atoms with Crippen LogP contribution in [0.25, 0.3) is 21.8 Å². The SMILES string of the molecule is C.C.COC(=O)C(=O)c1cn2c3c(cc(C)cc13)CN(C(=O)OC(C)(C)C)CC2.Cc1cc2c3c(ccn3CCN(C(=O)OC(C)(C)C)C2)c1.O=C(Cl)C(=O)Cl. The van der Waals surface area contributed by atoms with Crippen molar-refractivity contribution < 1.29 is 43.0 Å². The highest BCUT2D eigenvalue weighted by Crippen LogP contribution is 2.31. The number of halogens is 2. The molecule has 0 bridgehead atoms. The topological polar surface area (TPSA) is 146 Å². The second kappa shape index (κ2) is 18.8. The average molecular weight is 818 g/mol. The summed E-state index contributed by atoms with van der Waals surface area (Å²) in [5.74, 6) is -1.55. The first-order valence-corrected chi connectivity index (χ1v) is 18.0. The Kier molecular flexibility index (Phi) is 15.9. The third-order valence-corrected chi connectivity index (χ3v) is 8.74. The summed E-state index contributed by atoms with van der Waals surface area (Å²) in [6, 6.07) is 10.4. The number of aryl methyl sites for hydroxylation is 2. The number of benzene rings is 2. The molecular weight excluding hydrogens is 763 g/mol. The van der Waals surface area contributed by atoms with Gasteiger partial charge in [0, 0.05) is 49.3 Å². The number of ether oxygens (including phenoxy) is 3. The van der Waals surface area contributed by atoms with Crippen molar-refractivity contribution in [1.82, 2.24) is 18.9 Å². The van der Waals surface area contributed by atoms with Crippen LogP contribution in [0.4, 0.5) is 9.59 Å². The molecule has 0 fully saturated rings. The van der Waals surface area contributed by atoms with E-state index in [0.29, 0.717) is 43.7 Å². The summed E-state index contributed by atoms with van der Waals surface area (Å²) in [5.41, 5.74) is 5.68. The Morgan fingerprint density at radius 2 is 1.12 bits per heavy atom. The molecule has 4 aromatic rings. The summed E-state index contributed by atoms with van der Waals surface area (Å²) >= 11 is 8.98. The van der Waals surface area contributed by atoms with Gasteiger partial charge < -0.3 is 33.1 Å². The fraction of sp³-hybridized carbons (Fsp3) is 0.463. The van der Waals surface area contributed by atoms with E-state index in [4.69, 9.17) is 9.47 Å². The number of nitrogens with zero attached hydrogens (tertiary/aromatic N) is 4. The molecule has 0 saturated carbocycles. The molecule has 0 aliphatic carbocycles. The molecule has 0 spiro atoms. The summed E-state index contributed by atoms with van der Waals surface area (Å²) in [4.78, 5) is 71.3. The van der Waals surface area contributed by atoms with Gasteiger partial charge in [0.05, 0.1) is 36.8 Å². The highest BCUT2D eigenvalue weighted by atomic mass is 35.5. The predicted octanol–water partition coefficient (Wildman–Crippen LogP) is 8.55. The molecular formula is C41H54Cl2N4O9. The van der Waals surface area contributed by atoms with E-state index >= 15 is 0 Å². The zero-order valence-electron chi connectivity index (χ0n) is 32.0. The Bertz CT molecular complexity index is 2110. The maximum Gasteiger partial charge on any atom is 0.410 e. The monoisotopic (exact) mass is 816 g/mol. The number of esters is 1. The number of hydrogen-bond acceptors (Lipinski definition) is 9. The van der Waals surface area contributed by atoms with Gasteiger partial charge in [-0.3, -0.25) is 14.4 Å². The average Bonchev–Trinajstić information content (AvgIpc) is 3.50. The normalized spacial score (nSPS) is 13.3. The van der Waals surface area contributed by atoms with Crippen LogP contribution in [-0.4, -0.2) is 84.8 Å². The van der Waals surface area contributed by atoms with E-state index in [2.05, 4.69) is 63.8 Å². The van der Waals surface area contributed by atoms with Gasteiger partial charge in [0.1, 0.15) is 11.2 Å². The van der Waals surface area contributed by atoms with Gasteiger partial charge in [0.25, 0.3) is 5.78 Å². The molecule has 2 amide bonds. The van der Waals surface area contributed by atoms with Crippen molar-refractivity contribution in [1.29, 1.82) is 0 Å². The number of carbonyl (C=O) groups is 6. The number of Topliss-reactive ketones (excluding diaryl/α,β-unsaturated/α-hetero) is 1. The predicted molar refractivity (Wildman–Crippen MR) is 218 cm³/mol. The van der Waals surface area contributed by atoms with Crippen LogP contribution in [0.1, 0.15) is 89.0 Å². The van der Waals surface area contributed by atoms with Crippen molar-refractivity contribution in [2.75, 3.05) is 20.2 Å². The molecule has 2 aliphatic heterocycles. The fourth-order valence-electron chi connectivity index (χ4n) is 6.27. The zero-order chi connectivity index (χ0) is 40.3. The van der Waals surface area contributed by atoms with Crippen molar-refractivity contribution in [3.05, 3.63) is 70.5 Å². The van der Waals surface area contributed by atoms with Crippen molar-refractivity contribution >= 4 is 79.4 Å². The van der Waals surface area contributed by atoms with Crippen LogP contribution in [0.3, 0.4) is 0 Å². The van der Waals surface area contributed by atoms with E-state index in [1.165, 1.54) is 29.1 Å². The smallest absolute Gasteiger partial charge is 0.410 e. The van der Waals surface area contributed by atoms with Crippen LogP contribution in [-0.2, 0) is 54.8 Å². The first-order valence-electron chi connectivity index (χ1n) is 17.3. The van der Waals surface area contributed by atoms with Crippen molar-refractivity contribution in [3.8, 4) is 0 Å². The van der Waals surface area contributed by atoms with Crippen LogP contribution < -0.4 is 0 Å². The maximum atomic E-state index is 12.5. The molecule has 2 aromatic carbocycles. The second-order valence-corrected chi connectivity index (χ2v) is 15.8. The number of amides is 2. The van der Waals surface area contributed by atoms with E-state index in [9.17, 15) is 28.8 Å². The van der Waals surface area contributed by atoms with Gasteiger partial charge in [0.15, 0.2) is 0 Å². The van der Waals surface area contributed by atoms with E-state index in [1.807, 2.05) is 65.2 Å². The van der Waals surface area contributed by atoms with Crippen LogP contribution in [0.15, 0.2) is 42.7 Å². The standard InChI is InChI=1S/C20H24N2O5.C17H22N2O2.C2Cl2O2.2CH4/c1-12-8-13-10-22(19(25)27-20(2,3)4)7-6-21-11-15(14(9-12)16(13)21)17(23)18(24)26-5;1-12-9-13-5-6-18-7-8-19(11-14(10-12)15(13)18)16(20)21-17(2,3)4;3-1(5)2(4)6;;/h8-9,11H,6-7,10H2,1-5H3;5-6,9-10H,7-8,11H2,1-4H3;;2*1H4. The molecule has 4 heterocycles. The molecule has 2 aliphatic rings. The highest BCUT2D eigenvalue weighted by molar-refractivity contribution is 6.97. The fourth-order valence-corrected chi connectivity index (χ4v) is 6.27. The first-order chi connectivity index (χ1) is 25.1. The van der Waals surface area contributed by atoms with Gasteiger partial charge in [-0.05, 0) is 108 Å². The lowest BCUT2D eigenvalue weighted by Crippen LogP contribution is -2.37. The Morgan fingerprint density at radius 1 is 0.661 bits per heavy atom. The number of methoxy groups -OCH3 is 1. The van der Waals surface area contributed by atoms with E-state index in [1.54, 1.807) is 16.0 Å². The minimum Gasteiger partial charge on any atom is -0.463 e. The lowest BCUT2D eigenvalue weighted by atomic mass is 10.0. The van der Waals surface area contributed by atoms with Crippen molar-refractivity contribution in [3.63, 3.8) is 0 Å². The number of carbonyl (C=O) groups excluding carboxylic acids is 6. The van der Waals surface area contributed by atoms with Gasteiger partial charge in [-0.15, -0.1) is 0 Å². The summed E-state index contributed by atoms with van der Waals surface area (Å²) in [6.45, 7) is 18.6. The lowest BCUT2D eigenvalue weighted by molar-refractivity contribution is -0.135. The Hall–Kier alpha value is -4.88. The van der Waals surface area contributed by atoms with Crippen LogP contribution in [0.2, 0.25) is 0 Å². The van der Waals surface area contributed by atoms with E-state index in [-0.39, 0.29) is 27.0 Å². The van der Waals surface area contributed by atoms with E-state index < -0.39 is 33.4 Å². The number of ketones is 1.